The maximum atomic E-state index is 12.2. The normalized spacial score (nSPS) is 11.2. The lowest BCUT2D eigenvalue weighted by Crippen LogP contribution is -2.23. The van der Waals surface area contributed by atoms with E-state index in [0.29, 0.717) is 29.2 Å². The highest BCUT2D eigenvalue weighted by molar-refractivity contribution is 5.91. The average molecular weight is 398 g/mol. The highest BCUT2D eigenvalue weighted by Crippen LogP contribution is 2.22. The molecule has 1 atom stereocenters. The first-order valence-electron chi connectivity index (χ1n) is 9.51. The summed E-state index contributed by atoms with van der Waals surface area (Å²) >= 11 is 0. The van der Waals surface area contributed by atoms with E-state index in [4.69, 9.17) is 18.9 Å². The van der Waals surface area contributed by atoms with Gasteiger partial charge in [0.1, 0.15) is 17.2 Å². The fourth-order valence-electron chi connectivity index (χ4n) is 2.51. The van der Waals surface area contributed by atoms with Crippen molar-refractivity contribution in [3.05, 3.63) is 66.7 Å². The van der Waals surface area contributed by atoms with Crippen LogP contribution in [0.5, 0.6) is 17.2 Å². The molecule has 2 aromatic rings. The number of carbonyl (C=O) groups excluding carboxylic acids is 2. The molecule has 0 heterocycles. The molecule has 0 aliphatic carbocycles. The second-order valence-electron chi connectivity index (χ2n) is 6.27. The molecule has 1 unspecified atom stereocenters. The summed E-state index contributed by atoms with van der Waals surface area (Å²) < 4.78 is 21.4. The van der Waals surface area contributed by atoms with E-state index in [1.807, 2.05) is 0 Å². The summed E-state index contributed by atoms with van der Waals surface area (Å²) in [6.45, 7) is 5.50. The number of rotatable bonds is 11. The monoisotopic (exact) mass is 398 g/mol. The minimum absolute atomic E-state index is 0.379. The third-order valence-corrected chi connectivity index (χ3v) is 4.09. The number of hydrogen-bond acceptors (Lipinski definition) is 6. The first-order valence-corrected chi connectivity index (χ1v) is 9.51. The molecule has 154 valence electrons. The Labute approximate surface area is 171 Å². The molecular formula is C23H26O6. The van der Waals surface area contributed by atoms with Crippen molar-refractivity contribution in [2.45, 2.75) is 38.9 Å². The SMILES string of the molecule is C=CC(=O)OC(CCCCC)Oc1ccc(OC(=O)c2ccc(OC)cc2)cc1. The van der Waals surface area contributed by atoms with Gasteiger partial charge in [-0.25, -0.2) is 9.59 Å². The predicted octanol–water partition coefficient (Wildman–Crippen LogP) is 4.93. The second kappa shape index (κ2) is 11.5. The Hall–Kier alpha value is -3.28. The molecule has 0 radical (unpaired) electrons. The van der Waals surface area contributed by atoms with Gasteiger partial charge in [0.05, 0.1) is 12.7 Å². The molecule has 0 fully saturated rings. The summed E-state index contributed by atoms with van der Waals surface area (Å²) in [7, 11) is 1.56. The van der Waals surface area contributed by atoms with Gasteiger partial charge in [-0.05, 0) is 55.0 Å². The summed E-state index contributed by atoms with van der Waals surface area (Å²) in [5, 5.41) is 0. The Balaban J connectivity index is 1.96. The van der Waals surface area contributed by atoms with Crippen LogP contribution < -0.4 is 14.2 Å². The van der Waals surface area contributed by atoms with Crippen LogP contribution in [0, 0.1) is 0 Å². The molecule has 0 aromatic heterocycles. The van der Waals surface area contributed by atoms with E-state index >= 15 is 0 Å². The van der Waals surface area contributed by atoms with E-state index in [1.54, 1.807) is 55.6 Å². The molecule has 0 amide bonds. The Morgan fingerprint density at radius 1 is 0.966 bits per heavy atom. The van der Waals surface area contributed by atoms with Crippen LogP contribution in [-0.2, 0) is 9.53 Å². The molecule has 0 saturated carbocycles. The fraction of sp³-hybridized carbons (Fsp3) is 0.304. The number of hydrogen-bond donors (Lipinski definition) is 0. The van der Waals surface area contributed by atoms with E-state index in [9.17, 15) is 9.59 Å². The van der Waals surface area contributed by atoms with Gasteiger partial charge >= 0.3 is 11.9 Å². The maximum absolute atomic E-state index is 12.2. The predicted molar refractivity (Wildman–Crippen MR) is 109 cm³/mol. The van der Waals surface area contributed by atoms with Crippen LogP contribution >= 0.6 is 0 Å². The highest BCUT2D eigenvalue weighted by Gasteiger charge is 2.15. The van der Waals surface area contributed by atoms with Crippen LogP contribution in [0.4, 0.5) is 0 Å². The van der Waals surface area contributed by atoms with Crippen molar-refractivity contribution < 1.29 is 28.5 Å². The van der Waals surface area contributed by atoms with E-state index in [0.717, 1.165) is 25.3 Å². The summed E-state index contributed by atoms with van der Waals surface area (Å²) in [6.07, 6.45) is 3.95. The van der Waals surface area contributed by atoms with E-state index in [2.05, 4.69) is 13.5 Å². The van der Waals surface area contributed by atoms with Gasteiger partial charge in [-0.15, -0.1) is 0 Å². The molecule has 0 saturated heterocycles. The van der Waals surface area contributed by atoms with Gasteiger partial charge in [0, 0.05) is 12.5 Å². The van der Waals surface area contributed by atoms with E-state index in [1.165, 1.54) is 0 Å². The molecule has 6 heteroatoms. The van der Waals surface area contributed by atoms with Gasteiger partial charge in [-0.2, -0.15) is 0 Å². The van der Waals surface area contributed by atoms with Crippen molar-refractivity contribution in [3.63, 3.8) is 0 Å². The Kier molecular flexibility index (Phi) is 8.76. The zero-order chi connectivity index (χ0) is 21.1. The summed E-state index contributed by atoms with van der Waals surface area (Å²) in [6, 6.07) is 13.2. The van der Waals surface area contributed by atoms with Crippen molar-refractivity contribution in [3.8, 4) is 17.2 Å². The van der Waals surface area contributed by atoms with Gasteiger partial charge in [0.25, 0.3) is 0 Å². The Morgan fingerprint density at radius 2 is 1.59 bits per heavy atom. The number of benzene rings is 2. The number of carbonyl (C=O) groups is 2. The minimum atomic E-state index is -0.695. The van der Waals surface area contributed by atoms with Crippen LogP contribution in [-0.4, -0.2) is 25.3 Å². The molecule has 0 bridgehead atoms. The highest BCUT2D eigenvalue weighted by atomic mass is 16.7. The summed E-state index contributed by atoms with van der Waals surface area (Å²) in [4.78, 5) is 23.7. The van der Waals surface area contributed by atoms with Crippen LogP contribution in [0.1, 0.15) is 43.0 Å². The topological polar surface area (TPSA) is 71.1 Å². The van der Waals surface area contributed by atoms with E-state index in [-0.39, 0.29) is 0 Å². The number of ether oxygens (including phenoxy) is 4. The molecule has 2 aromatic carbocycles. The maximum Gasteiger partial charge on any atom is 0.343 e. The van der Waals surface area contributed by atoms with Gasteiger partial charge in [0.2, 0.25) is 6.29 Å². The number of unbranched alkanes of at least 4 members (excludes halogenated alkanes) is 2. The van der Waals surface area contributed by atoms with Crippen molar-refractivity contribution >= 4 is 11.9 Å². The number of methoxy groups -OCH3 is 1. The Morgan fingerprint density at radius 3 is 2.17 bits per heavy atom. The molecule has 6 nitrogen and oxygen atoms in total. The van der Waals surface area contributed by atoms with Gasteiger partial charge in [0.15, 0.2) is 0 Å². The molecule has 0 N–H and O–H groups in total. The standard InChI is InChI=1S/C23H26O6/c1-4-6-7-8-22(29-21(24)5-2)27-19-13-15-20(16-14-19)28-23(25)17-9-11-18(26-3)12-10-17/h5,9-16,22H,2,4,6-8H2,1,3H3. The van der Waals surface area contributed by atoms with Crippen molar-refractivity contribution in [1.82, 2.24) is 0 Å². The van der Waals surface area contributed by atoms with Crippen LogP contribution in [0.3, 0.4) is 0 Å². The van der Waals surface area contributed by atoms with E-state index < -0.39 is 18.2 Å². The van der Waals surface area contributed by atoms with Crippen molar-refractivity contribution in [1.29, 1.82) is 0 Å². The average Bonchev–Trinajstić information content (AvgIpc) is 2.75. The lowest BCUT2D eigenvalue weighted by atomic mass is 10.2. The molecule has 0 spiro atoms. The Bertz CT molecular complexity index is 795. The first-order chi connectivity index (χ1) is 14.0. The second-order valence-corrected chi connectivity index (χ2v) is 6.27. The van der Waals surface area contributed by atoms with Crippen LogP contribution in [0.25, 0.3) is 0 Å². The summed E-state index contributed by atoms with van der Waals surface area (Å²) in [5.74, 6) is 0.542. The van der Waals surface area contributed by atoms with Crippen LogP contribution in [0.2, 0.25) is 0 Å². The fourth-order valence-corrected chi connectivity index (χ4v) is 2.51. The quantitative estimate of drug-likeness (QED) is 0.176. The lowest BCUT2D eigenvalue weighted by molar-refractivity contribution is -0.158. The largest absolute Gasteiger partial charge is 0.497 e. The zero-order valence-corrected chi connectivity index (χ0v) is 16.8. The van der Waals surface area contributed by atoms with Gasteiger partial charge in [-0.1, -0.05) is 26.3 Å². The third kappa shape index (κ3) is 7.33. The smallest absolute Gasteiger partial charge is 0.343 e. The molecular weight excluding hydrogens is 372 g/mol. The summed E-state index contributed by atoms with van der Waals surface area (Å²) in [5.41, 5.74) is 0.415. The molecule has 2 rings (SSSR count). The van der Waals surface area contributed by atoms with Gasteiger partial charge in [-0.3, -0.25) is 0 Å². The molecule has 29 heavy (non-hydrogen) atoms. The first kappa shape index (κ1) is 22.0. The minimum Gasteiger partial charge on any atom is -0.497 e. The van der Waals surface area contributed by atoms with Gasteiger partial charge < -0.3 is 18.9 Å². The third-order valence-electron chi connectivity index (χ3n) is 4.09. The van der Waals surface area contributed by atoms with Crippen LogP contribution in [0.15, 0.2) is 61.2 Å². The number of esters is 2. The van der Waals surface area contributed by atoms with Crippen molar-refractivity contribution in [2.24, 2.45) is 0 Å². The van der Waals surface area contributed by atoms with Crippen molar-refractivity contribution in [2.75, 3.05) is 7.11 Å². The molecule has 0 aliphatic heterocycles. The molecule has 0 aliphatic rings. The lowest BCUT2D eigenvalue weighted by Gasteiger charge is -2.19. The zero-order valence-electron chi connectivity index (χ0n) is 16.8.